The molecule has 1 aromatic heterocycles. The average Bonchev–Trinajstić information content (AvgIpc) is 2.76. The van der Waals surface area contributed by atoms with Crippen molar-refractivity contribution in [2.75, 3.05) is 13.6 Å². The molecule has 4 nitrogen and oxygen atoms in total. The number of hydrogen-bond acceptors (Lipinski definition) is 3. The van der Waals surface area contributed by atoms with Gasteiger partial charge in [-0.25, -0.2) is 0 Å². The van der Waals surface area contributed by atoms with E-state index in [1.807, 2.05) is 24.1 Å². The highest BCUT2D eigenvalue weighted by Gasteiger charge is 2.31. The summed E-state index contributed by atoms with van der Waals surface area (Å²) in [5.41, 5.74) is 1.12. The fourth-order valence-electron chi connectivity index (χ4n) is 2.32. The Kier molecular flexibility index (Phi) is 3.74. The lowest BCUT2D eigenvalue weighted by Crippen LogP contribution is -2.37. The first kappa shape index (κ1) is 12.0. The van der Waals surface area contributed by atoms with Crippen molar-refractivity contribution < 1.29 is 4.79 Å². The maximum atomic E-state index is 12.2. The fraction of sp³-hybridized carbons (Fsp3) is 0.538. The third-order valence-electron chi connectivity index (χ3n) is 3.39. The van der Waals surface area contributed by atoms with E-state index < -0.39 is 0 Å². The molecule has 2 heterocycles. The Labute approximate surface area is 102 Å². The van der Waals surface area contributed by atoms with Crippen molar-refractivity contribution in [1.82, 2.24) is 15.2 Å². The minimum Gasteiger partial charge on any atom is -0.341 e. The van der Waals surface area contributed by atoms with Crippen molar-refractivity contribution in [2.24, 2.45) is 5.92 Å². The Morgan fingerprint density at radius 2 is 2.24 bits per heavy atom. The molecule has 0 spiro atoms. The first-order valence-electron chi connectivity index (χ1n) is 6.05. The summed E-state index contributed by atoms with van der Waals surface area (Å²) < 4.78 is 0. The molecule has 4 heteroatoms. The highest BCUT2D eigenvalue weighted by molar-refractivity contribution is 5.79. The zero-order valence-electron chi connectivity index (χ0n) is 10.4. The molecule has 0 radical (unpaired) electrons. The van der Waals surface area contributed by atoms with Gasteiger partial charge in [-0.1, -0.05) is 0 Å². The van der Waals surface area contributed by atoms with Crippen LogP contribution in [0.15, 0.2) is 24.5 Å². The summed E-state index contributed by atoms with van der Waals surface area (Å²) in [6, 6.07) is 4.18. The summed E-state index contributed by atoms with van der Waals surface area (Å²) in [7, 11) is 1.87. The van der Waals surface area contributed by atoms with E-state index in [0.29, 0.717) is 12.6 Å². The number of hydrogen-bond donors (Lipinski definition) is 1. The molecule has 0 bridgehead atoms. The van der Waals surface area contributed by atoms with Gasteiger partial charge >= 0.3 is 0 Å². The largest absolute Gasteiger partial charge is 0.341 e. The lowest BCUT2D eigenvalue weighted by Gasteiger charge is -2.23. The van der Waals surface area contributed by atoms with E-state index in [2.05, 4.69) is 17.2 Å². The van der Waals surface area contributed by atoms with E-state index in [9.17, 15) is 4.79 Å². The maximum absolute atomic E-state index is 12.2. The van der Waals surface area contributed by atoms with E-state index in [1.165, 1.54) is 0 Å². The van der Waals surface area contributed by atoms with Gasteiger partial charge in [-0.3, -0.25) is 9.78 Å². The minimum atomic E-state index is 0.127. The molecule has 1 aliphatic rings. The van der Waals surface area contributed by atoms with Gasteiger partial charge in [-0.2, -0.15) is 0 Å². The van der Waals surface area contributed by atoms with E-state index >= 15 is 0 Å². The first-order valence-corrected chi connectivity index (χ1v) is 6.05. The van der Waals surface area contributed by atoms with Gasteiger partial charge in [0.15, 0.2) is 0 Å². The Hall–Kier alpha value is -1.42. The molecule has 1 saturated heterocycles. The van der Waals surface area contributed by atoms with Gasteiger partial charge in [0, 0.05) is 32.0 Å². The first-order chi connectivity index (χ1) is 8.18. The molecule has 2 rings (SSSR count). The van der Waals surface area contributed by atoms with Crippen LogP contribution >= 0.6 is 0 Å². The minimum absolute atomic E-state index is 0.127. The molecular formula is C13H19N3O. The van der Waals surface area contributed by atoms with E-state index in [1.54, 1.807) is 12.4 Å². The predicted molar refractivity (Wildman–Crippen MR) is 66.3 cm³/mol. The Morgan fingerprint density at radius 3 is 2.82 bits per heavy atom. The second kappa shape index (κ2) is 5.27. The number of rotatable bonds is 3. The zero-order valence-corrected chi connectivity index (χ0v) is 10.4. The third-order valence-corrected chi connectivity index (χ3v) is 3.39. The summed E-state index contributed by atoms with van der Waals surface area (Å²) in [6.45, 7) is 3.68. The number of carbonyl (C=O) groups excluding carboxylic acids is 1. The van der Waals surface area contributed by atoms with Crippen LogP contribution in [0, 0.1) is 5.92 Å². The van der Waals surface area contributed by atoms with Gasteiger partial charge in [0.2, 0.25) is 5.91 Å². The molecule has 1 fully saturated rings. The molecule has 17 heavy (non-hydrogen) atoms. The molecule has 2 unspecified atom stereocenters. The van der Waals surface area contributed by atoms with E-state index in [-0.39, 0.29) is 11.8 Å². The van der Waals surface area contributed by atoms with Gasteiger partial charge in [-0.05, 0) is 37.6 Å². The molecule has 0 aliphatic carbocycles. The average molecular weight is 233 g/mol. The third kappa shape index (κ3) is 2.82. The number of amides is 1. The van der Waals surface area contributed by atoms with Crippen molar-refractivity contribution in [2.45, 2.75) is 25.9 Å². The van der Waals surface area contributed by atoms with Crippen LogP contribution in [-0.4, -0.2) is 35.4 Å². The van der Waals surface area contributed by atoms with Gasteiger partial charge in [0.1, 0.15) is 0 Å². The molecule has 0 aromatic carbocycles. The lowest BCUT2D eigenvalue weighted by atomic mass is 10.0. The van der Waals surface area contributed by atoms with Crippen molar-refractivity contribution >= 4 is 5.91 Å². The SMILES string of the molecule is CC1NCCC1C(=O)N(C)Cc1ccncc1. The predicted octanol–water partition coefficient (Wildman–Crippen LogP) is 1.04. The molecule has 92 valence electrons. The van der Waals surface area contributed by atoms with Crippen LogP contribution in [0.5, 0.6) is 0 Å². The normalized spacial score (nSPS) is 23.6. The number of aromatic nitrogens is 1. The monoisotopic (exact) mass is 233 g/mol. The molecule has 1 aromatic rings. The Bertz CT molecular complexity index is 380. The topological polar surface area (TPSA) is 45.2 Å². The second-order valence-electron chi connectivity index (χ2n) is 4.69. The summed E-state index contributed by atoms with van der Waals surface area (Å²) in [5, 5.41) is 3.31. The van der Waals surface area contributed by atoms with E-state index in [4.69, 9.17) is 0 Å². The quantitative estimate of drug-likeness (QED) is 0.848. The molecular weight excluding hydrogens is 214 g/mol. The lowest BCUT2D eigenvalue weighted by molar-refractivity contribution is -0.134. The summed E-state index contributed by atoms with van der Waals surface area (Å²) in [4.78, 5) is 18.0. The molecule has 1 aliphatic heterocycles. The number of pyridine rings is 1. The summed E-state index contributed by atoms with van der Waals surface area (Å²) in [5.74, 6) is 0.362. The fourth-order valence-corrected chi connectivity index (χ4v) is 2.32. The highest BCUT2D eigenvalue weighted by Crippen LogP contribution is 2.18. The second-order valence-corrected chi connectivity index (χ2v) is 4.69. The van der Waals surface area contributed by atoms with Gasteiger partial charge in [-0.15, -0.1) is 0 Å². The maximum Gasteiger partial charge on any atom is 0.227 e. The highest BCUT2D eigenvalue weighted by atomic mass is 16.2. The van der Waals surface area contributed by atoms with Gasteiger partial charge in [0.05, 0.1) is 5.92 Å². The van der Waals surface area contributed by atoms with Crippen LogP contribution in [0.2, 0.25) is 0 Å². The van der Waals surface area contributed by atoms with Crippen molar-refractivity contribution in [3.8, 4) is 0 Å². The van der Waals surface area contributed by atoms with Crippen molar-refractivity contribution in [1.29, 1.82) is 0 Å². The molecule has 0 saturated carbocycles. The Balaban J connectivity index is 1.96. The number of nitrogens with zero attached hydrogens (tertiary/aromatic N) is 2. The Morgan fingerprint density at radius 1 is 1.53 bits per heavy atom. The standard InChI is InChI=1S/C13H19N3O/c1-10-12(5-8-15-10)13(17)16(2)9-11-3-6-14-7-4-11/h3-4,6-7,10,12,15H,5,8-9H2,1-2H3. The van der Waals surface area contributed by atoms with Crippen LogP contribution in [0.4, 0.5) is 0 Å². The van der Waals surface area contributed by atoms with Crippen LogP contribution in [0.25, 0.3) is 0 Å². The number of nitrogens with one attached hydrogen (secondary N) is 1. The molecule has 2 atom stereocenters. The molecule has 1 amide bonds. The van der Waals surface area contributed by atoms with E-state index in [0.717, 1.165) is 18.5 Å². The van der Waals surface area contributed by atoms with Crippen molar-refractivity contribution in [3.63, 3.8) is 0 Å². The van der Waals surface area contributed by atoms with Crippen LogP contribution in [0.1, 0.15) is 18.9 Å². The summed E-state index contributed by atoms with van der Waals surface area (Å²) in [6.07, 6.45) is 4.46. The van der Waals surface area contributed by atoms with Crippen LogP contribution in [-0.2, 0) is 11.3 Å². The molecule has 1 N–H and O–H groups in total. The zero-order chi connectivity index (χ0) is 12.3. The van der Waals surface area contributed by atoms with Crippen LogP contribution < -0.4 is 5.32 Å². The van der Waals surface area contributed by atoms with Gasteiger partial charge in [0.25, 0.3) is 0 Å². The smallest absolute Gasteiger partial charge is 0.227 e. The summed E-state index contributed by atoms with van der Waals surface area (Å²) >= 11 is 0. The van der Waals surface area contributed by atoms with Crippen LogP contribution in [0.3, 0.4) is 0 Å². The van der Waals surface area contributed by atoms with Crippen molar-refractivity contribution in [3.05, 3.63) is 30.1 Å². The number of carbonyl (C=O) groups is 1. The van der Waals surface area contributed by atoms with Gasteiger partial charge < -0.3 is 10.2 Å².